The molecule has 56 heavy (non-hydrogen) atoms. The second-order valence-corrected chi connectivity index (χ2v) is 17.3. The molecule has 12 nitrogen and oxygen atoms in total. The lowest BCUT2D eigenvalue weighted by Crippen LogP contribution is -2.44. The number of hydrogen-bond acceptors (Lipinski definition) is 8. The highest BCUT2D eigenvalue weighted by molar-refractivity contribution is 7.93. The van der Waals surface area contributed by atoms with Gasteiger partial charge in [0.05, 0.1) is 41.4 Å². The molecule has 1 N–H and O–H groups in total. The number of carboxylic acids is 1. The summed E-state index contributed by atoms with van der Waals surface area (Å²) < 4.78 is 71.6. The van der Waals surface area contributed by atoms with Crippen molar-refractivity contribution >= 4 is 66.5 Å². The smallest absolute Gasteiger partial charge is 0.332 e. The summed E-state index contributed by atoms with van der Waals surface area (Å²) in [6.45, 7) is -0.275. The van der Waals surface area contributed by atoms with E-state index < -0.39 is 55.0 Å². The fourth-order valence-corrected chi connectivity index (χ4v) is 10.1. The minimum absolute atomic E-state index is 0.0417. The Morgan fingerprint density at radius 3 is 1.91 bits per heavy atom. The number of rotatable bonds is 14. The van der Waals surface area contributed by atoms with Crippen molar-refractivity contribution in [1.82, 2.24) is 4.90 Å². The van der Waals surface area contributed by atoms with Crippen molar-refractivity contribution in [3.05, 3.63) is 142 Å². The molecular weight excluding hydrogens is 801 g/mol. The van der Waals surface area contributed by atoms with Gasteiger partial charge in [0.25, 0.3) is 20.0 Å². The van der Waals surface area contributed by atoms with Gasteiger partial charge in [-0.1, -0.05) is 53.5 Å². The third kappa shape index (κ3) is 8.28. The molecule has 1 aliphatic rings. The Labute approximate surface area is 335 Å². The Kier molecular flexibility index (Phi) is 12.1. The zero-order valence-electron chi connectivity index (χ0n) is 30.2. The van der Waals surface area contributed by atoms with Gasteiger partial charge in [0.15, 0.2) is 6.04 Å². The molecule has 2 atom stereocenters. The van der Waals surface area contributed by atoms with Gasteiger partial charge in [0, 0.05) is 22.2 Å². The fraction of sp³-hybridized carbons (Fsp3) is 0.200. The van der Waals surface area contributed by atoms with Crippen LogP contribution < -0.4 is 18.1 Å². The number of hydrogen-bond donors (Lipinski definition) is 1. The van der Waals surface area contributed by atoms with Crippen molar-refractivity contribution in [1.29, 1.82) is 0 Å². The van der Waals surface area contributed by atoms with Crippen LogP contribution in [0.2, 0.25) is 10.0 Å². The molecule has 5 aromatic rings. The van der Waals surface area contributed by atoms with E-state index in [0.717, 1.165) is 22.0 Å². The Bertz CT molecular complexity index is 2420. The monoisotopic (exact) mass is 837 g/mol. The van der Waals surface area contributed by atoms with Gasteiger partial charge in [-0.25, -0.2) is 25.9 Å². The number of amides is 1. The average Bonchev–Trinajstić information content (AvgIpc) is 3.70. The molecule has 0 aliphatic carbocycles. The summed E-state index contributed by atoms with van der Waals surface area (Å²) in [4.78, 5) is 28.5. The second-order valence-electron chi connectivity index (χ2n) is 12.7. The topological polar surface area (TPSA) is 151 Å². The second kappa shape index (κ2) is 16.8. The number of methoxy groups -OCH3 is 2. The zero-order chi connectivity index (χ0) is 40.2. The van der Waals surface area contributed by atoms with Crippen LogP contribution >= 0.6 is 23.2 Å². The SMILES string of the molecule is COc1ccc(S(=O)(=O)N(c2ccc(Cl)cc2)C(C(=O)O)c2cc(OC)ccc2S(=O)(=O)N(CC(=O)N2CCCC2c2ccccc2)c2ccc(Cl)cc2)cc1. The molecule has 1 amide bonds. The first kappa shape index (κ1) is 40.4. The summed E-state index contributed by atoms with van der Waals surface area (Å²) >= 11 is 12.4. The Balaban J connectivity index is 1.53. The zero-order valence-corrected chi connectivity index (χ0v) is 33.3. The molecule has 0 bridgehead atoms. The normalized spacial score (nSPS) is 14.9. The van der Waals surface area contributed by atoms with Crippen molar-refractivity contribution in [3.8, 4) is 11.5 Å². The number of nitrogens with zero attached hydrogens (tertiary/aromatic N) is 3. The van der Waals surface area contributed by atoms with E-state index in [4.69, 9.17) is 32.7 Å². The number of carbonyl (C=O) groups is 2. The number of likely N-dealkylation sites (tertiary alicyclic amines) is 1. The van der Waals surface area contributed by atoms with E-state index in [0.29, 0.717) is 34.5 Å². The van der Waals surface area contributed by atoms with Crippen LogP contribution in [-0.2, 0) is 29.6 Å². The summed E-state index contributed by atoms with van der Waals surface area (Å²) in [7, 11) is -6.96. The molecule has 5 aromatic carbocycles. The van der Waals surface area contributed by atoms with Crippen LogP contribution in [0.5, 0.6) is 11.5 Å². The molecule has 1 heterocycles. The van der Waals surface area contributed by atoms with Gasteiger partial charge in [-0.3, -0.25) is 9.10 Å². The molecule has 0 aromatic heterocycles. The van der Waals surface area contributed by atoms with E-state index in [-0.39, 0.29) is 33.1 Å². The number of benzene rings is 5. The minimum atomic E-state index is -4.88. The molecule has 292 valence electrons. The van der Waals surface area contributed by atoms with Crippen molar-refractivity contribution in [2.75, 3.05) is 35.9 Å². The first-order chi connectivity index (χ1) is 26.8. The van der Waals surface area contributed by atoms with Gasteiger partial charge in [-0.05, 0) is 109 Å². The lowest BCUT2D eigenvalue weighted by Gasteiger charge is -2.33. The van der Waals surface area contributed by atoms with Gasteiger partial charge in [0.1, 0.15) is 18.0 Å². The van der Waals surface area contributed by atoms with Crippen LogP contribution in [0.4, 0.5) is 11.4 Å². The predicted octanol–water partition coefficient (Wildman–Crippen LogP) is 7.59. The van der Waals surface area contributed by atoms with Gasteiger partial charge >= 0.3 is 5.97 Å². The molecule has 6 rings (SSSR count). The summed E-state index contributed by atoms with van der Waals surface area (Å²) in [5.41, 5.74) is 0.377. The maximum Gasteiger partial charge on any atom is 0.332 e. The standard InChI is InChI=1S/C40H37Cl2N3O9S2/c1-53-32-18-21-34(22-19-32)55(49,50)45(31-16-12-29(42)13-17-31)39(40(47)48)35-25-33(54-2)20-23-37(35)56(51,52)44(30-14-10-28(41)11-15-30)26-38(46)43-24-6-9-36(43)27-7-4-3-5-8-27/h3-5,7-8,10-23,25,36,39H,6,9,24,26H2,1-2H3,(H,47,48). The van der Waals surface area contributed by atoms with E-state index in [1.54, 1.807) is 4.90 Å². The first-order valence-electron chi connectivity index (χ1n) is 17.2. The van der Waals surface area contributed by atoms with Crippen LogP contribution in [0.1, 0.15) is 36.1 Å². The summed E-state index contributed by atoms with van der Waals surface area (Å²) in [6, 6.07) is 27.0. The lowest BCUT2D eigenvalue weighted by molar-refractivity contribution is -0.138. The lowest BCUT2D eigenvalue weighted by atomic mass is 10.0. The van der Waals surface area contributed by atoms with Crippen molar-refractivity contribution in [3.63, 3.8) is 0 Å². The maximum atomic E-state index is 15.2. The van der Waals surface area contributed by atoms with Crippen LogP contribution in [-0.4, -0.2) is 66.0 Å². The number of sulfonamides is 2. The number of aliphatic carboxylic acids is 1. The van der Waals surface area contributed by atoms with Crippen LogP contribution in [0.15, 0.2) is 131 Å². The van der Waals surface area contributed by atoms with Crippen LogP contribution in [0.25, 0.3) is 0 Å². The highest BCUT2D eigenvalue weighted by Gasteiger charge is 2.43. The average molecular weight is 839 g/mol. The molecule has 0 saturated carbocycles. The number of ether oxygens (including phenoxy) is 2. The molecule has 2 unspecified atom stereocenters. The number of carboxylic acid groups (broad SMARTS) is 1. The third-order valence-corrected chi connectivity index (χ3v) is 13.6. The fourth-order valence-electron chi connectivity index (χ4n) is 6.68. The van der Waals surface area contributed by atoms with Gasteiger partial charge in [-0.2, -0.15) is 0 Å². The molecule has 0 spiro atoms. The Morgan fingerprint density at radius 2 is 1.34 bits per heavy atom. The molecule has 16 heteroatoms. The van der Waals surface area contributed by atoms with E-state index in [1.807, 2.05) is 30.3 Å². The molecule has 1 saturated heterocycles. The van der Waals surface area contributed by atoms with Gasteiger partial charge in [0.2, 0.25) is 5.91 Å². The number of halogens is 2. The quantitative estimate of drug-likeness (QED) is 0.119. The van der Waals surface area contributed by atoms with E-state index >= 15 is 8.42 Å². The highest BCUT2D eigenvalue weighted by atomic mass is 35.5. The molecule has 1 aliphatic heterocycles. The van der Waals surface area contributed by atoms with Crippen molar-refractivity contribution < 1.29 is 41.0 Å². The molecule has 0 radical (unpaired) electrons. The minimum Gasteiger partial charge on any atom is -0.497 e. The van der Waals surface area contributed by atoms with Crippen molar-refractivity contribution in [2.24, 2.45) is 0 Å². The Morgan fingerprint density at radius 1 is 0.768 bits per heavy atom. The summed E-state index contributed by atoms with van der Waals surface area (Å²) in [6.07, 6.45) is 1.38. The Hall–Kier alpha value is -5.28. The van der Waals surface area contributed by atoms with Gasteiger partial charge in [-0.15, -0.1) is 0 Å². The van der Waals surface area contributed by atoms with E-state index in [2.05, 4.69) is 0 Å². The van der Waals surface area contributed by atoms with E-state index in [9.17, 15) is 23.1 Å². The maximum absolute atomic E-state index is 15.2. The number of anilines is 2. The summed E-state index contributed by atoms with van der Waals surface area (Å²) in [5.74, 6) is -1.82. The van der Waals surface area contributed by atoms with Crippen LogP contribution in [0, 0.1) is 0 Å². The summed E-state index contributed by atoms with van der Waals surface area (Å²) in [5, 5.41) is 11.5. The number of carbonyl (C=O) groups excluding carboxylic acids is 1. The molecular formula is C40H37Cl2N3O9S2. The highest BCUT2D eigenvalue weighted by Crippen LogP contribution is 2.40. The first-order valence-corrected chi connectivity index (χ1v) is 20.9. The third-order valence-electron chi connectivity index (χ3n) is 9.40. The van der Waals surface area contributed by atoms with Crippen molar-refractivity contribution in [2.45, 2.75) is 34.7 Å². The largest absolute Gasteiger partial charge is 0.497 e. The van der Waals surface area contributed by atoms with Gasteiger partial charge < -0.3 is 19.5 Å². The van der Waals surface area contributed by atoms with E-state index in [1.165, 1.54) is 93.1 Å². The van der Waals surface area contributed by atoms with Crippen LogP contribution in [0.3, 0.4) is 0 Å². The predicted molar refractivity (Wildman–Crippen MR) is 214 cm³/mol. The molecule has 1 fully saturated rings.